The Kier molecular flexibility index (Phi) is 4.05. The second-order valence-corrected chi connectivity index (χ2v) is 5.53. The van der Waals surface area contributed by atoms with Crippen LogP contribution in [0.3, 0.4) is 0 Å². The zero-order chi connectivity index (χ0) is 12.4. The molecule has 2 aliphatic rings. The molecule has 1 atom stereocenters. The average Bonchev–Trinajstić information content (AvgIpc) is 3.12. The molecule has 2 rings (SSSR count). The number of ether oxygens (including phenoxy) is 1. The van der Waals surface area contributed by atoms with Crippen molar-refractivity contribution in [2.45, 2.75) is 31.8 Å². The molecule has 2 fully saturated rings. The fourth-order valence-electron chi connectivity index (χ4n) is 2.60. The van der Waals surface area contributed by atoms with Crippen molar-refractivity contribution in [2.75, 3.05) is 27.3 Å². The third-order valence-corrected chi connectivity index (χ3v) is 3.76. The summed E-state index contributed by atoms with van der Waals surface area (Å²) in [5, 5.41) is 9.64. The summed E-state index contributed by atoms with van der Waals surface area (Å²) in [5.74, 6) is 1.70. The molecule has 1 unspecified atom stereocenters. The lowest BCUT2D eigenvalue weighted by Gasteiger charge is -2.25. The molecule has 0 saturated heterocycles. The molecule has 4 heteroatoms. The first-order chi connectivity index (χ1) is 8.13. The van der Waals surface area contributed by atoms with Gasteiger partial charge in [0.15, 0.2) is 0 Å². The van der Waals surface area contributed by atoms with Crippen LogP contribution >= 0.6 is 0 Å². The standard InChI is InChI=1S/C13H23NO3/c1-14(7-11(15)8-17-2)13(16)12(9-3-4-9)10-5-6-10/h9-12,15H,3-8H2,1-2H3. The number of aliphatic hydroxyl groups is 1. The normalized spacial score (nSPS) is 21.6. The molecule has 17 heavy (non-hydrogen) atoms. The number of nitrogens with zero attached hydrogens (tertiary/aromatic N) is 1. The lowest BCUT2D eigenvalue weighted by atomic mass is 9.96. The van der Waals surface area contributed by atoms with Crippen molar-refractivity contribution in [1.29, 1.82) is 0 Å². The second kappa shape index (κ2) is 5.36. The van der Waals surface area contributed by atoms with E-state index in [-0.39, 0.29) is 18.4 Å². The van der Waals surface area contributed by atoms with Crippen LogP contribution < -0.4 is 0 Å². The molecule has 4 nitrogen and oxygen atoms in total. The molecule has 0 bridgehead atoms. The number of methoxy groups -OCH3 is 1. The number of carbonyl (C=O) groups is 1. The quantitative estimate of drug-likeness (QED) is 0.720. The zero-order valence-corrected chi connectivity index (χ0v) is 10.8. The van der Waals surface area contributed by atoms with Crippen LogP contribution in [0.2, 0.25) is 0 Å². The van der Waals surface area contributed by atoms with Gasteiger partial charge in [-0.2, -0.15) is 0 Å². The molecule has 0 heterocycles. The van der Waals surface area contributed by atoms with E-state index in [1.54, 1.807) is 19.1 Å². The van der Waals surface area contributed by atoms with Gasteiger partial charge in [0.1, 0.15) is 0 Å². The van der Waals surface area contributed by atoms with Crippen LogP contribution in [0.5, 0.6) is 0 Å². The van der Waals surface area contributed by atoms with E-state index < -0.39 is 6.10 Å². The van der Waals surface area contributed by atoms with Crippen LogP contribution in [-0.4, -0.2) is 49.3 Å². The van der Waals surface area contributed by atoms with Gasteiger partial charge in [0.2, 0.25) is 5.91 Å². The number of rotatable bonds is 7. The Morgan fingerprint density at radius 1 is 1.35 bits per heavy atom. The van der Waals surface area contributed by atoms with Crippen LogP contribution in [0.15, 0.2) is 0 Å². The molecule has 1 N–H and O–H groups in total. The molecule has 0 aromatic rings. The van der Waals surface area contributed by atoms with Gasteiger partial charge < -0.3 is 14.7 Å². The molecule has 2 aliphatic carbocycles. The molecular formula is C13H23NO3. The third-order valence-electron chi connectivity index (χ3n) is 3.76. The Labute approximate surface area is 103 Å². The molecule has 0 aliphatic heterocycles. The topological polar surface area (TPSA) is 49.8 Å². The lowest BCUT2D eigenvalue weighted by Crippen LogP contribution is -2.40. The summed E-state index contributed by atoms with van der Waals surface area (Å²) in [5.41, 5.74) is 0. The number of aliphatic hydroxyl groups excluding tert-OH is 1. The van der Waals surface area contributed by atoms with Crippen molar-refractivity contribution in [3.63, 3.8) is 0 Å². The molecule has 1 amide bonds. The maximum absolute atomic E-state index is 12.3. The number of carbonyl (C=O) groups excluding carboxylic acids is 1. The molecule has 2 saturated carbocycles. The summed E-state index contributed by atoms with van der Waals surface area (Å²) in [6.45, 7) is 0.664. The number of amides is 1. The predicted molar refractivity (Wildman–Crippen MR) is 64.5 cm³/mol. The minimum absolute atomic E-state index is 0.227. The Morgan fingerprint density at radius 2 is 1.88 bits per heavy atom. The van der Waals surface area contributed by atoms with Crippen molar-refractivity contribution >= 4 is 5.91 Å². The smallest absolute Gasteiger partial charge is 0.226 e. The summed E-state index contributed by atoms with van der Waals surface area (Å²) < 4.78 is 4.88. The van der Waals surface area contributed by atoms with E-state index in [4.69, 9.17) is 4.74 Å². The number of hydrogen-bond donors (Lipinski definition) is 1. The number of likely N-dealkylation sites (N-methyl/N-ethyl adjacent to an activating group) is 1. The highest BCUT2D eigenvalue weighted by Crippen LogP contribution is 2.49. The van der Waals surface area contributed by atoms with Gasteiger partial charge >= 0.3 is 0 Å². The van der Waals surface area contributed by atoms with Gasteiger partial charge in [-0.25, -0.2) is 0 Å². The lowest BCUT2D eigenvalue weighted by molar-refractivity contribution is -0.137. The van der Waals surface area contributed by atoms with E-state index >= 15 is 0 Å². The highest BCUT2D eigenvalue weighted by molar-refractivity contribution is 5.80. The van der Waals surface area contributed by atoms with Crippen molar-refractivity contribution in [1.82, 2.24) is 4.90 Å². The van der Waals surface area contributed by atoms with Crippen LogP contribution in [0.1, 0.15) is 25.7 Å². The van der Waals surface area contributed by atoms with Crippen LogP contribution in [0, 0.1) is 17.8 Å². The van der Waals surface area contributed by atoms with Gasteiger partial charge in [-0.05, 0) is 37.5 Å². The molecule has 98 valence electrons. The summed E-state index contributed by atoms with van der Waals surface area (Å²) in [6, 6.07) is 0. The molecule has 0 aromatic heterocycles. The van der Waals surface area contributed by atoms with Crippen molar-refractivity contribution in [2.24, 2.45) is 17.8 Å². The molecule has 0 radical (unpaired) electrons. The summed E-state index contributed by atoms with van der Waals surface area (Å²) in [7, 11) is 3.35. The summed E-state index contributed by atoms with van der Waals surface area (Å²) >= 11 is 0. The highest BCUT2D eigenvalue weighted by atomic mass is 16.5. The Hall–Kier alpha value is -0.610. The average molecular weight is 241 g/mol. The fraction of sp³-hybridized carbons (Fsp3) is 0.923. The minimum atomic E-state index is -0.576. The SMILES string of the molecule is COCC(O)CN(C)C(=O)C(C1CC1)C1CC1. The second-order valence-electron chi connectivity index (χ2n) is 5.53. The van der Waals surface area contributed by atoms with Gasteiger partial charge in [-0.1, -0.05) is 0 Å². The molecule has 0 aromatic carbocycles. The highest BCUT2D eigenvalue weighted by Gasteiger charge is 2.46. The van der Waals surface area contributed by atoms with Gasteiger partial charge in [0.05, 0.1) is 12.7 Å². The number of hydrogen-bond acceptors (Lipinski definition) is 3. The monoisotopic (exact) mass is 241 g/mol. The van der Waals surface area contributed by atoms with E-state index in [0.29, 0.717) is 18.4 Å². The van der Waals surface area contributed by atoms with Gasteiger partial charge in [-0.3, -0.25) is 4.79 Å². The maximum atomic E-state index is 12.3. The van der Waals surface area contributed by atoms with Crippen molar-refractivity contribution in [3.8, 4) is 0 Å². The van der Waals surface area contributed by atoms with Crippen LogP contribution in [0.25, 0.3) is 0 Å². The maximum Gasteiger partial charge on any atom is 0.226 e. The van der Waals surface area contributed by atoms with Crippen molar-refractivity contribution < 1.29 is 14.6 Å². The van der Waals surface area contributed by atoms with Crippen molar-refractivity contribution in [3.05, 3.63) is 0 Å². The largest absolute Gasteiger partial charge is 0.389 e. The van der Waals surface area contributed by atoms with E-state index in [2.05, 4.69) is 0 Å². The van der Waals surface area contributed by atoms with Gasteiger partial charge in [-0.15, -0.1) is 0 Å². The fourth-order valence-corrected chi connectivity index (χ4v) is 2.60. The van der Waals surface area contributed by atoms with E-state index in [9.17, 15) is 9.90 Å². The Balaban J connectivity index is 1.84. The van der Waals surface area contributed by atoms with Gasteiger partial charge in [0.25, 0.3) is 0 Å². The zero-order valence-electron chi connectivity index (χ0n) is 10.8. The minimum Gasteiger partial charge on any atom is -0.389 e. The Morgan fingerprint density at radius 3 is 2.29 bits per heavy atom. The third kappa shape index (κ3) is 3.42. The van der Waals surface area contributed by atoms with E-state index in [0.717, 1.165) is 0 Å². The first-order valence-corrected chi connectivity index (χ1v) is 6.55. The molecular weight excluding hydrogens is 218 g/mol. The first-order valence-electron chi connectivity index (χ1n) is 6.55. The predicted octanol–water partition coefficient (Wildman–Crippen LogP) is 0.888. The Bertz CT molecular complexity index is 262. The molecule has 0 spiro atoms. The van der Waals surface area contributed by atoms with Gasteiger partial charge in [0, 0.05) is 26.6 Å². The van der Waals surface area contributed by atoms with E-state index in [1.165, 1.54) is 25.7 Å². The van der Waals surface area contributed by atoms with E-state index in [1.807, 2.05) is 0 Å². The first kappa shape index (κ1) is 12.8. The van der Waals surface area contributed by atoms with Crippen LogP contribution in [-0.2, 0) is 9.53 Å². The van der Waals surface area contributed by atoms with Crippen LogP contribution in [0.4, 0.5) is 0 Å². The summed E-state index contributed by atoms with van der Waals surface area (Å²) in [4.78, 5) is 14.0. The summed E-state index contributed by atoms with van der Waals surface area (Å²) in [6.07, 6.45) is 4.26.